The molecule has 1 heterocycles. The lowest BCUT2D eigenvalue weighted by atomic mass is 10.3. The fourth-order valence-electron chi connectivity index (χ4n) is 1.20. The molecule has 0 saturated heterocycles. The van der Waals surface area contributed by atoms with E-state index in [0.717, 1.165) is 0 Å². The van der Waals surface area contributed by atoms with Gasteiger partial charge in [0.1, 0.15) is 0 Å². The minimum absolute atomic E-state index is 0.339. The van der Waals surface area contributed by atoms with Gasteiger partial charge in [-0.25, -0.2) is 9.78 Å². The van der Waals surface area contributed by atoms with E-state index >= 15 is 0 Å². The number of H-pyrrole nitrogens is 1. The molecule has 3 N–H and O–H groups in total. The highest BCUT2D eigenvalue weighted by molar-refractivity contribution is 6.39. The maximum atomic E-state index is 11.6. The Labute approximate surface area is 107 Å². The number of anilines is 2. The molecule has 2 aromatic rings. The number of hydrogen-bond acceptors (Lipinski definition) is 2. The summed E-state index contributed by atoms with van der Waals surface area (Å²) in [6.07, 6.45) is 3.12. The number of benzene rings is 1. The largest absolute Gasteiger partial charge is 0.331 e. The fourth-order valence-corrected chi connectivity index (χ4v) is 1.70. The van der Waals surface area contributed by atoms with Crippen LogP contribution in [-0.2, 0) is 0 Å². The molecule has 0 bridgehead atoms. The number of carbonyl (C=O) groups excluding carboxylic acids is 1. The zero-order valence-electron chi connectivity index (χ0n) is 8.50. The smallest absolute Gasteiger partial charge is 0.326 e. The molecule has 1 aromatic carbocycles. The standard InChI is InChI=1S/C10H8Cl2N4O/c11-6-2-1-3-7(12)8(6)15-10(17)16-9-13-4-5-14-9/h1-5H,(H3,13,14,15,16,17). The van der Waals surface area contributed by atoms with Crippen molar-refractivity contribution in [3.63, 3.8) is 0 Å². The summed E-state index contributed by atoms with van der Waals surface area (Å²) in [5.74, 6) is 0.339. The van der Waals surface area contributed by atoms with Crippen LogP contribution in [0.2, 0.25) is 10.0 Å². The molecule has 88 valence electrons. The molecule has 2 rings (SSSR count). The zero-order valence-corrected chi connectivity index (χ0v) is 10.0. The molecule has 0 aliphatic rings. The van der Waals surface area contributed by atoms with Crippen LogP contribution in [0.15, 0.2) is 30.6 Å². The van der Waals surface area contributed by atoms with Crippen molar-refractivity contribution in [3.05, 3.63) is 40.6 Å². The third-order valence-corrected chi connectivity index (χ3v) is 2.56. The first-order valence-electron chi connectivity index (χ1n) is 4.68. The van der Waals surface area contributed by atoms with Gasteiger partial charge < -0.3 is 10.3 Å². The minimum Gasteiger partial charge on any atom is -0.331 e. The first kappa shape index (κ1) is 11.8. The van der Waals surface area contributed by atoms with Crippen LogP contribution in [0, 0.1) is 0 Å². The van der Waals surface area contributed by atoms with Crippen molar-refractivity contribution in [2.45, 2.75) is 0 Å². The van der Waals surface area contributed by atoms with Crippen molar-refractivity contribution in [1.82, 2.24) is 9.97 Å². The minimum atomic E-state index is -0.477. The molecule has 0 saturated carbocycles. The number of para-hydroxylation sites is 1. The van der Waals surface area contributed by atoms with Crippen LogP contribution in [0.1, 0.15) is 0 Å². The second-order valence-corrected chi connectivity index (χ2v) is 3.93. The van der Waals surface area contributed by atoms with Crippen LogP contribution < -0.4 is 10.6 Å². The Kier molecular flexibility index (Phi) is 3.51. The maximum Gasteiger partial charge on any atom is 0.326 e. The second-order valence-electron chi connectivity index (χ2n) is 3.11. The van der Waals surface area contributed by atoms with Gasteiger partial charge in [-0.05, 0) is 12.1 Å². The van der Waals surface area contributed by atoms with Crippen LogP contribution in [0.3, 0.4) is 0 Å². The Morgan fingerprint density at radius 1 is 1.24 bits per heavy atom. The van der Waals surface area contributed by atoms with Crippen LogP contribution in [0.5, 0.6) is 0 Å². The normalized spacial score (nSPS) is 10.0. The Balaban J connectivity index is 2.08. The SMILES string of the molecule is O=C(Nc1ncc[nH]1)Nc1c(Cl)cccc1Cl. The van der Waals surface area contributed by atoms with Crippen LogP contribution >= 0.6 is 23.2 Å². The van der Waals surface area contributed by atoms with Crippen molar-refractivity contribution >= 4 is 40.9 Å². The van der Waals surface area contributed by atoms with Crippen LogP contribution in [-0.4, -0.2) is 16.0 Å². The van der Waals surface area contributed by atoms with E-state index in [1.165, 1.54) is 6.20 Å². The number of nitrogens with zero attached hydrogens (tertiary/aromatic N) is 1. The monoisotopic (exact) mass is 270 g/mol. The molecule has 0 atom stereocenters. The summed E-state index contributed by atoms with van der Waals surface area (Å²) in [5, 5.41) is 5.77. The highest BCUT2D eigenvalue weighted by Crippen LogP contribution is 2.29. The molecule has 2 amide bonds. The molecule has 0 fully saturated rings. The summed E-state index contributed by atoms with van der Waals surface area (Å²) >= 11 is 11.8. The van der Waals surface area contributed by atoms with Gasteiger partial charge in [-0.1, -0.05) is 29.3 Å². The van der Waals surface area contributed by atoms with Crippen molar-refractivity contribution in [2.75, 3.05) is 10.6 Å². The number of aromatic amines is 1. The van der Waals surface area contributed by atoms with Gasteiger partial charge >= 0.3 is 6.03 Å². The summed E-state index contributed by atoms with van der Waals surface area (Å²) in [4.78, 5) is 18.2. The third-order valence-electron chi connectivity index (χ3n) is 1.93. The molecule has 0 aliphatic carbocycles. The highest BCUT2D eigenvalue weighted by atomic mass is 35.5. The average molecular weight is 271 g/mol. The van der Waals surface area contributed by atoms with Gasteiger partial charge in [0.2, 0.25) is 5.95 Å². The van der Waals surface area contributed by atoms with Crippen molar-refractivity contribution in [2.24, 2.45) is 0 Å². The zero-order chi connectivity index (χ0) is 12.3. The molecule has 0 unspecified atom stereocenters. The molecule has 5 nitrogen and oxygen atoms in total. The first-order valence-corrected chi connectivity index (χ1v) is 5.44. The summed E-state index contributed by atoms with van der Waals surface area (Å²) in [6, 6.07) is 4.49. The summed E-state index contributed by atoms with van der Waals surface area (Å²) in [5.41, 5.74) is 0.361. The van der Waals surface area contributed by atoms with E-state index in [4.69, 9.17) is 23.2 Å². The number of rotatable bonds is 2. The lowest BCUT2D eigenvalue weighted by molar-refractivity contribution is 0.262. The van der Waals surface area contributed by atoms with Crippen molar-refractivity contribution < 1.29 is 4.79 Å². The first-order chi connectivity index (χ1) is 8.16. The van der Waals surface area contributed by atoms with Gasteiger partial charge in [-0.2, -0.15) is 0 Å². The number of urea groups is 1. The quantitative estimate of drug-likeness (QED) is 0.783. The van der Waals surface area contributed by atoms with Gasteiger partial charge in [0.05, 0.1) is 15.7 Å². The molecule has 7 heteroatoms. The fraction of sp³-hybridized carbons (Fsp3) is 0. The number of nitrogens with one attached hydrogen (secondary N) is 3. The summed E-state index contributed by atoms with van der Waals surface area (Å²) in [6.45, 7) is 0. The van der Waals surface area contributed by atoms with E-state index in [-0.39, 0.29) is 0 Å². The van der Waals surface area contributed by atoms with Crippen LogP contribution in [0.4, 0.5) is 16.4 Å². The summed E-state index contributed by atoms with van der Waals surface area (Å²) < 4.78 is 0. The molecular weight excluding hydrogens is 263 g/mol. The Morgan fingerprint density at radius 3 is 2.53 bits per heavy atom. The predicted octanol–water partition coefficient (Wildman–Crippen LogP) is 3.36. The van der Waals surface area contributed by atoms with Gasteiger partial charge in [-0.3, -0.25) is 5.32 Å². The van der Waals surface area contributed by atoms with E-state index in [1.807, 2.05) is 0 Å². The van der Waals surface area contributed by atoms with Gasteiger partial charge in [0.15, 0.2) is 0 Å². The van der Waals surface area contributed by atoms with Gasteiger partial charge in [0.25, 0.3) is 0 Å². The van der Waals surface area contributed by atoms with Crippen LogP contribution in [0.25, 0.3) is 0 Å². The number of aromatic nitrogens is 2. The third kappa shape index (κ3) is 2.89. The second kappa shape index (κ2) is 5.07. The van der Waals surface area contributed by atoms with Crippen molar-refractivity contribution in [1.29, 1.82) is 0 Å². The van der Waals surface area contributed by atoms with E-state index in [9.17, 15) is 4.79 Å². The van der Waals surface area contributed by atoms with E-state index in [2.05, 4.69) is 20.6 Å². The van der Waals surface area contributed by atoms with E-state index in [1.54, 1.807) is 24.4 Å². The topological polar surface area (TPSA) is 69.8 Å². The number of amides is 2. The Bertz CT molecular complexity index is 507. The number of carbonyl (C=O) groups is 1. The van der Waals surface area contributed by atoms with Gasteiger partial charge in [0, 0.05) is 12.4 Å². The molecule has 17 heavy (non-hydrogen) atoms. The number of imidazole rings is 1. The predicted molar refractivity (Wildman–Crippen MR) is 67.7 cm³/mol. The molecule has 0 aliphatic heterocycles. The van der Waals surface area contributed by atoms with E-state index in [0.29, 0.717) is 21.7 Å². The van der Waals surface area contributed by atoms with E-state index < -0.39 is 6.03 Å². The number of halogens is 2. The average Bonchev–Trinajstić information content (AvgIpc) is 2.76. The molecule has 0 spiro atoms. The maximum absolute atomic E-state index is 11.6. The lowest BCUT2D eigenvalue weighted by Gasteiger charge is -2.08. The molecule has 1 aromatic heterocycles. The lowest BCUT2D eigenvalue weighted by Crippen LogP contribution is -2.20. The van der Waals surface area contributed by atoms with Crippen molar-refractivity contribution in [3.8, 4) is 0 Å². The Morgan fingerprint density at radius 2 is 1.94 bits per heavy atom. The molecular formula is C10H8Cl2N4O. The number of hydrogen-bond donors (Lipinski definition) is 3. The summed E-state index contributed by atoms with van der Waals surface area (Å²) in [7, 11) is 0. The van der Waals surface area contributed by atoms with Gasteiger partial charge in [-0.15, -0.1) is 0 Å². The Hall–Kier alpha value is -1.72. The highest BCUT2D eigenvalue weighted by Gasteiger charge is 2.09. The molecule has 0 radical (unpaired) electrons.